The first-order chi connectivity index (χ1) is 9.33. The first-order valence-corrected chi connectivity index (χ1v) is 6.17. The minimum atomic E-state index is -0.0434. The third kappa shape index (κ3) is 2.47. The van der Waals surface area contributed by atoms with Gasteiger partial charge in [-0.1, -0.05) is 36.4 Å². The van der Waals surface area contributed by atoms with Gasteiger partial charge in [0.1, 0.15) is 0 Å². The Morgan fingerprint density at radius 1 is 0.895 bits per heavy atom. The van der Waals surface area contributed by atoms with Gasteiger partial charge in [-0.15, -0.1) is 0 Å². The van der Waals surface area contributed by atoms with Gasteiger partial charge in [-0.25, -0.2) is 0 Å². The highest BCUT2D eigenvalue weighted by Crippen LogP contribution is 2.16. The molecule has 0 aliphatic rings. The van der Waals surface area contributed by atoms with Crippen molar-refractivity contribution in [2.75, 3.05) is 0 Å². The van der Waals surface area contributed by atoms with Gasteiger partial charge in [0.25, 0.3) is 5.91 Å². The summed E-state index contributed by atoms with van der Waals surface area (Å²) < 4.78 is 1.55. The van der Waals surface area contributed by atoms with Gasteiger partial charge in [0.15, 0.2) is 0 Å². The van der Waals surface area contributed by atoms with Crippen LogP contribution < -0.4 is 0 Å². The van der Waals surface area contributed by atoms with Gasteiger partial charge in [-0.2, -0.15) is 0 Å². The molecule has 0 aliphatic carbocycles. The van der Waals surface area contributed by atoms with E-state index in [9.17, 15) is 4.79 Å². The lowest BCUT2D eigenvalue weighted by molar-refractivity contribution is 0.0970. The molecule has 0 N–H and O–H groups in total. The molecule has 2 heteroatoms. The minimum Gasteiger partial charge on any atom is -0.291 e. The fourth-order valence-electron chi connectivity index (χ4n) is 2.05. The number of benzene rings is 2. The lowest BCUT2D eigenvalue weighted by Crippen LogP contribution is -2.03. The first kappa shape index (κ1) is 11.5. The van der Waals surface area contributed by atoms with Crippen molar-refractivity contribution in [2.24, 2.45) is 0 Å². The van der Waals surface area contributed by atoms with Crippen LogP contribution in [-0.2, 0) is 0 Å². The van der Waals surface area contributed by atoms with Gasteiger partial charge in [0, 0.05) is 18.5 Å². The van der Waals surface area contributed by atoms with Crippen LogP contribution in [-0.4, -0.2) is 10.5 Å². The molecule has 0 saturated heterocycles. The van der Waals surface area contributed by atoms with Crippen LogP contribution in [0.3, 0.4) is 0 Å². The molecule has 1 aromatic heterocycles. The predicted molar refractivity (Wildman–Crippen MR) is 78.0 cm³/mol. The van der Waals surface area contributed by atoms with Crippen molar-refractivity contribution in [3.8, 4) is 0 Å². The van der Waals surface area contributed by atoms with Gasteiger partial charge in [-0.05, 0) is 40.6 Å². The average molecular weight is 247 g/mol. The molecule has 0 radical (unpaired) electrons. The summed E-state index contributed by atoms with van der Waals surface area (Å²) in [5.41, 5.74) is 1.03. The fraction of sp³-hybridized carbons (Fsp3) is 0. The van der Waals surface area contributed by atoms with Crippen LogP contribution in [0, 0.1) is 0 Å². The van der Waals surface area contributed by atoms with Crippen LogP contribution in [0.5, 0.6) is 0 Å². The van der Waals surface area contributed by atoms with Gasteiger partial charge < -0.3 is 0 Å². The molecule has 0 saturated carbocycles. The Bertz CT molecular complexity index is 739. The summed E-state index contributed by atoms with van der Waals surface area (Å²) >= 11 is 0. The smallest absolute Gasteiger partial charge is 0.254 e. The number of rotatable bonds is 2. The van der Waals surface area contributed by atoms with Gasteiger partial charge >= 0.3 is 0 Å². The zero-order valence-corrected chi connectivity index (χ0v) is 10.4. The van der Waals surface area contributed by atoms with Crippen LogP contribution in [0.25, 0.3) is 16.8 Å². The fourth-order valence-corrected chi connectivity index (χ4v) is 2.05. The Morgan fingerprint density at radius 2 is 1.63 bits per heavy atom. The number of nitrogens with zero attached hydrogens (tertiary/aromatic N) is 1. The minimum absolute atomic E-state index is 0.0434. The highest BCUT2D eigenvalue weighted by Gasteiger charge is 1.97. The maximum atomic E-state index is 11.8. The van der Waals surface area contributed by atoms with E-state index in [0.29, 0.717) is 0 Å². The van der Waals surface area contributed by atoms with Gasteiger partial charge in [-0.3, -0.25) is 9.36 Å². The van der Waals surface area contributed by atoms with Crippen molar-refractivity contribution in [2.45, 2.75) is 0 Å². The maximum absolute atomic E-state index is 11.8. The van der Waals surface area contributed by atoms with E-state index in [-0.39, 0.29) is 5.91 Å². The molecule has 0 aliphatic heterocycles. The van der Waals surface area contributed by atoms with Crippen molar-refractivity contribution in [1.29, 1.82) is 0 Å². The zero-order valence-electron chi connectivity index (χ0n) is 10.4. The van der Waals surface area contributed by atoms with E-state index in [0.717, 1.165) is 5.56 Å². The van der Waals surface area contributed by atoms with E-state index < -0.39 is 0 Å². The second-order valence-electron chi connectivity index (χ2n) is 4.37. The molecule has 2 aromatic carbocycles. The van der Waals surface area contributed by atoms with E-state index in [1.165, 1.54) is 10.8 Å². The Labute approximate surface area is 111 Å². The van der Waals surface area contributed by atoms with E-state index in [1.807, 2.05) is 36.4 Å². The zero-order chi connectivity index (χ0) is 13.1. The number of fused-ring (bicyclic) bond motifs is 1. The molecule has 0 fully saturated rings. The summed E-state index contributed by atoms with van der Waals surface area (Å²) in [5, 5.41) is 2.38. The largest absolute Gasteiger partial charge is 0.291 e. The van der Waals surface area contributed by atoms with Crippen LogP contribution >= 0.6 is 0 Å². The highest BCUT2D eigenvalue weighted by molar-refractivity contribution is 5.94. The van der Waals surface area contributed by atoms with E-state index >= 15 is 0 Å². The summed E-state index contributed by atoms with van der Waals surface area (Å²) in [6.45, 7) is 0. The van der Waals surface area contributed by atoms with Crippen LogP contribution in [0.1, 0.15) is 10.4 Å². The molecular weight excluding hydrogens is 234 g/mol. The highest BCUT2D eigenvalue weighted by atomic mass is 16.1. The molecule has 3 aromatic rings. The molecule has 3 rings (SSSR count). The summed E-state index contributed by atoms with van der Waals surface area (Å²) in [4.78, 5) is 11.8. The summed E-state index contributed by atoms with van der Waals surface area (Å²) in [6.07, 6.45) is 6.92. The predicted octanol–water partition coefficient (Wildman–Crippen LogP) is 3.99. The SMILES string of the molecule is O=C(/C=C/c1ccc2ccccc2c1)n1cccc1. The number of carbonyl (C=O) groups is 1. The molecule has 0 unspecified atom stereocenters. The van der Waals surface area contributed by atoms with Crippen LogP contribution in [0.15, 0.2) is 73.1 Å². The van der Waals surface area contributed by atoms with E-state index in [2.05, 4.69) is 24.3 Å². The Hall–Kier alpha value is -2.61. The number of aromatic nitrogens is 1. The van der Waals surface area contributed by atoms with Crippen molar-refractivity contribution in [3.05, 3.63) is 78.6 Å². The molecule has 0 atom stereocenters. The number of carbonyl (C=O) groups excluding carboxylic acids is 1. The maximum Gasteiger partial charge on any atom is 0.254 e. The second kappa shape index (κ2) is 4.94. The summed E-state index contributed by atoms with van der Waals surface area (Å²) in [6, 6.07) is 18.0. The Balaban J connectivity index is 1.87. The first-order valence-electron chi connectivity index (χ1n) is 6.17. The monoisotopic (exact) mass is 247 g/mol. The summed E-state index contributed by atoms with van der Waals surface area (Å²) in [5.74, 6) is -0.0434. The molecular formula is C17H13NO. The van der Waals surface area contributed by atoms with Gasteiger partial charge in [0.05, 0.1) is 0 Å². The Morgan fingerprint density at radius 3 is 2.42 bits per heavy atom. The van der Waals surface area contributed by atoms with Crippen molar-refractivity contribution in [1.82, 2.24) is 4.57 Å². The Kier molecular flexibility index (Phi) is 2.99. The van der Waals surface area contributed by atoms with E-state index in [4.69, 9.17) is 0 Å². The third-order valence-corrected chi connectivity index (χ3v) is 3.05. The molecule has 0 amide bonds. The molecule has 2 nitrogen and oxygen atoms in total. The molecule has 19 heavy (non-hydrogen) atoms. The lowest BCUT2D eigenvalue weighted by atomic mass is 10.1. The lowest BCUT2D eigenvalue weighted by Gasteiger charge is -1.99. The van der Waals surface area contributed by atoms with Crippen LogP contribution in [0.2, 0.25) is 0 Å². The summed E-state index contributed by atoms with van der Waals surface area (Å²) in [7, 11) is 0. The number of allylic oxidation sites excluding steroid dienone is 1. The molecule has 92 valence electrons. The topological polar surface area (TPSA) is 22.0 Å². The standard InChI is InChI=1S/C17H13NO/c19-17(18-11-3-4-12-18)10-8-14-7-9-15-5-1-2-6-16(15)13-14/h1-13H/b10-8+. The molecule has 0 bridgehead atoms. The molecule has 0 spiro atoms. The van der Waals surface area contributed by atoms with Gasteiger partial charge in [0.2, 0.25) is 0 Å². The van der Waals surface area contributed by atoms with Crippen LogP contribution in [0.4, 0.5) is 0 Å². The van der Waals surface area contributed by atoms with E-state index in [1.54, 1.807) is 23.0 Å². The second-order valence-corrected chi connectivity index (χ2v) is 4.37. The molecule has 1 heterocycles. The normalized spacial score (nSPS) is 11.2. The number of hydrogen-bond acceptors (Lipinski definition) is 1. The third-order valence-electron chi connectivity index (χ3n) is 3.05. The van der Waals surface area contributed by atoms with Crippen molar-refractivity contribution >= 4 is 22.8 Å². The van der Waals surface area contributed by atoms with Crippen molar-refractivity contribution in [3.63, 3.8) is 0 Å². The quantitative estimate of drug-likeness (QED) is 0.627. The average Bonchev–Trinajstić information content (AvgIpc) is 2.99. The number of hydrogen-bond donors (Lipinski definition) is 0. The van der Waals surface area contributed by atoms with Crippen molar-refractivity contribution < 1.29 is 4.79 Å².